The molecule has 0 aliphatic carbocycles. The monoisotopic (exact) mass is 384 g/mol. The van der Waals surface area contributed by atoms with E-state index in [1.165, 1.54) is 16.0 Å². The first kappa shape index (κ1) is 19.6. The normalized spacial score (nSPS) is 20.3. The molecule has 2 heterocycles. The zero-order chi connectivity index (χ0) is 19.3. The summed E-state index contributed by atoms with van der Waals surface area (Å²) in [5.74, 6) is 0.146. The molecule has 1 fully saturated rings. The highest BCUT2D eigenvalue weighted by Crippen LogP contribution is 2.30. The molecule has 1 aliphatic heterocycles. The fraction of sp³-hybridized carbons (Fsp3) is 0.455. The minimum absolute atomic E-state index is 0.0553. The molecule has 0 saturated carbocycles. The predicted molar refractivity (Wildman–Crippen MR) is 110 cm³/mol. The van der Waals surface area contributed by atoms with Crippen LogP contribution >= 0.6 is 11.3 Å². The summed E-state index contributed by atoms with van der Waals surface area (Å²) in [4.78, 5) is 25.7. The van der Waals surface area contributed by atoms with Crippen LogP contribution in [0.3, 0.4) is 0 Å². The number of nitrogens with one attached hydrogen (secondary N) is 2. The van der Waals surface area contributed by atoms with Gasteiger partial charge in [-0.05, 0) is 49.6 Å². The lowest BCUT2D eigenvalue weighted by molar-refractivity contribution is -0.123. The minimum Gasteiger partial charge on any atom is -0.350 e. The summed E-state index contributed by atoms with van der Waals surface area (Å²) in [6.45, 7) is 4.15. The zero-order valence-electron chi connectivity index (χ0n) is 16.1. The summed E-state index contributed by atoms with van der Waals surface area (Å²) in [5, 5.41) is 8.35. The van der Waals surface area contributed by atoms with E-state index in [0.29, 0.717) is 19.3 Å². The van der Waals surface area contributed by atoms with Gasteiger partial charge in [0.25, 0.3) is 0 Å². The van der Waals surface area contributed by atoms with Crippen molar-refractivity contribution in [3.8, 4) is 0 Å². The summed E-state index contributed by atoms with van der Waals surface area (Å²) >= 11 is 1.67. The molecule has 1 aromatic carbocycles. The van der Waals surface area contributed by atoms with Crippen LogP contribution in [0.25, 0.3) is 0 Å². The Morgan fingerprint density at radius 2 is 2.07 bits per heavy atom. The number of benzene rings is 1. The molecule has 4 nitrogen and oxygen atoms in total. The number of carbonyl (C=O) groups is 2. The van der Waals surface area contributed by atoms with E-state index in [2.05, 4.69) is 54.8 Å². The SMILES string of the molecule is CC[C@@H](NC(=O)CC[C@]1(Cc2ccc(C)cc2)CCC(=O)N1)c1cccs1. The standard InChI is InChI=1S/C22H28N2O2S/c1-3-18(19-5-4-14-27-19)23-20(25)10-12-22(13-11-21(26)24-22)15-17-8-6-16(2)7-9-17/h4-9,14,18H,3,10-13,15H2,1-2H3,(H,23,25)(H,24,26)/t18-,22-/m1/s1. The maximum absolute atomic E-state index is 12.6. The van der Waals surface area contributed by atoms with E-state index < -0.39 is 0 Å². The Bertz CT molecular complexity index is 770. The molecule has 0 radical (unpaired) electrons. The smallest absolute Gasteiger partial charge is 0.220 e. The molecule has 3 rings (SSSR count). The Balaban J connectivity index is 1.62. The van der Waals surface area contributed by atoms with Gasteiger partial charge in [0.15, 0.2) is 0 Å². The van der Waals surface area contributed by atoms with Crippen molar-refractivity contribution in [3.63, 3.8) is 0 Å². The van der Waals surface area contributed by atoms with Crippen LogP contribution in [0.15, 0.2) is 41.8 Å². The van der Waals surface area contributed by atoms with Crippen LogP contribution < -0.4 is 10.6 Å². The molecule has 0 spiro atoms. The molecule has 144 valence electrons. The summed E-state index contributed by atoms with van der Waals surface area (Å²) < 4.78 is 0. The third-order valence-electron chi connectivity index (χ3n) is 5.36. The molecule has 1 aliphatic rings. The number of amides is 2. The van der Waals surface area contributed by atoms with Gasteiger partial charge in [0.1, 0.15) is 0 Å². The van der Waals surface area contributed by atoms with Gasteiger partial charge in [-0.3, -0.25) is 9.59 Å². The van der Waals surface area contributed by atoms with Gasteiger partial charge in [0.05, 0.1) is 6.04 Å². The van der Waals surface area contributed by atoms with Crippen molar-refractivity contribution in [3.05, 3.63) is 57.8 Å². The molecule has 2 amide bonds. The van der Waals surface area contributed by atoms with Crippen LogP contribution in [0.5, 0.6) is 0 Å². The van der Waals surface area contributed by atoms with E-state index >= 15 is 0 Å². The fourth-order valence-corrected chi connectivity index (χ4v) is 4.62. The average Bonchev–Trinajstić information content (AvgIpc) is 3.31. The quantitative estimate of drug-likeness (QED) is 0.713. The molecule has 2 atom stereocenters. The maximum atomic E-state index is 12.6. The van der Waals surface area contributed by atoms with Gasteiger partial charge in [-0.15, -0.1) is 11.3 Å². The van der Waals surface area contributed by atoms with E-state index in [0.717, 1.165) is 19.3 Å². The maximum Gasteiger partial charge on any atom is 0.220 e. The third-order valence-corrected chi connectivity index (χ3v) is 6.35. The molecule has 1 aromatic heterocycles. The topological polar surface area (TPSA) is 58.2 Å². The van der Waals surface area contributed by atoms with E-state index in [9.17, 15) is 9.59 Å². The highest BCUT2D eigenvalue weighted by Gasteiger charge is 2.37. The number of thiophene rings is 1. The van der Waals surface area contributed by atoms with Crippen molar-refractivity contribution in [1.29, 1.82) is 0 Å². The second-order valence-corrected chi connectivity index (χ2v) is 8.51. The zero-order valence-corrected chi connectivity index (χ0v) is 16.9. The van der Waals surface area contributed by atoms with Gasteiger partial charge in [0.2, 0.25) is 11.8 Å². The lowest BCUT2D eigenvalue weighted by Crippen LogP contribution is -2.44. The first-order chi connectivity index (χ1) is 13.0. The van der Waals surface area contributed by atoms with Crippen molar-refractivity contribution in [2.45, 2.75) is 64.0 Å². The third kappa shape index (κ3) is 5.19. The molecule has 2 aromatic rings. The first-order valence-corrected chi connectivity index (χ1v) is 10.6. The Labute approximate surface area is 165 Å². The van der Waals surface area contributed by atoms with E-state index in [1.807, 2.05) is 11.4 Å². The average molecular weight is 385 g/mol. The second-order valence-electron chi connectivity index (χ2n) is 7.53. The van der Waals surface area contributed by atoms with Crippen molar-refractivity contribution >= 4 is 23.2 Å². The van der Waals surface area contributed by atoms with Gasteiger partial charge < -0.3 is 10.6 Å². The van der Waals surface area contributed by atoms with Gasteiger partial charge in [-0.25, -0.2) is 0 Å². The highest BCUT2D eigenvalue weighted by atomic mass is 32.1. The number of hydrogen-bond donors (Lipinski definition) is 2. The lowest BCUT2D eigenvalue weighted by Gasteiger charge is -2.29. The van der Waals surface area contributed by atoms with Crippen LogP contribution in [-0.2, 0) is 16.0 Å². The van der Waals surface area contributed by atoms with E-state index in [4.69, 9.17) is 0 Å². The minimum atomic E-state index is -0.311. The Morgan fingerprint density at radius 3 is 2.67 bits per heavy atom. The second kappa shape index (κ2) is 8.70. The van der Waals surface area contributed by atoms with Crippen LogP contribution in [0.2, 0.25) is 0 Å². The van der Waals surface area contributed by atoms with Gasteiger partial charge in [-0.1, -0.05) is 42.8 Å². The number of hydrogen-bond acceptors (Lipinski definition) is 3. The summed E-state index contributed by atoms with van der Waals surface area (Å²) in [6, 6.07) is 12.6. The molecule has 2 N–H and O–H groups in total. The summed E-state index contributed by atoms with van der Waals surface area (Å²) in [7, 11) is 0. The number of rotatable bonds is 8. The summed E-state index contributed by atoms with van der Waals surface area (Å²) in [5.41, 5.74) is 2.11. The predicted octanol–water partition coefficient (Wildman–Crippen LogP) is 4.30. The van der Waals surface area contributed by atoms with Crippen LogP contribution in [-0.4, -0.2) is 17.4 Å². The van der Waals surface area contributed by atoms with Gasteiger partial charge in [0, 0.05) is 23.3 Å². The van der Waals surface area contributed by atoms with Gasteiger partial charge in [-0.2, -0.15) is 0 Å². The largest absolute Gasteiger partial charge is 0.350 e. The molecule has 0 unspecified atom stereocenters. The molecule has 0 bridgehead atoms. The lowest BCUT2D eigenvalue weighted by atomic mass is 9.84. The van der Waals surface area contributed by atoms with Crippen molar-refractivity contribution in [1.82, 2.24) is 10.6 Å². The van der Waals surface area contributed by atoms with Crippen molar-refractivity contribution < 1.29 is 9.59 Å². The Kier molecular flexibility index (Phi) is 6.32. The van der Waals surface area contributed by atoms with Crippen molar-refractivity contribution in [2.75, 3.05) is 0 Å². The molecular formula is C22H28N2O2S. The van der Waals surface area contributed by atoms with Gasteiger partial charge >= 0.3 is 0 Å². The van der Waals surface area contributed by atoms with E-state index in [1.54, 1.807) is 11.3 Å². The van der Waals surface area contributed by atoms with E-state index in [-0.39, 0.29) is 23.4 Å². The summed E-state index contributed by atoms with van der Waals surface area (Å²) in [6.07, 6.45) is 4.06. The fourth-order valence-electron chi connectivity index (χ4n) is 3.76. The molecule has 1 saturated heterocycles. The molecule has 27 heavy (non-hydrogen) atoms. The highest BCUT2D eigenvalue weighted by molar-refractivity contribution is 7.10. The number of aryl methyl sites for hydroxylation is 1. The van der Waals surface area contributed by atoms with Crippen LogP contribution in [0.1, 0.15) is 61.1 Å². The number of carbonyl (C=O) groups excluding carboxylic acids is 2. The molecule has 5 heteroatoms. The van der Waals surface area contributed by atoms with Crippen LogP contribution in [0, 0.1) is 6.92 Å². The van der Waals surface area contributed by atoms with Crippen molar-refractivity contribution in [2.24, 2.45) is 0 Å². The first-order valence-electron chi connectivity index (χ1n) is 9.69. The Morgan fingerprint density at radius 1 is 1.30 bits per heavy atom. The Hall–Kier alpha value is -2.14. The molecular weight excluding hydrogens is 356 g/mol. The van der Waals surface area contributed by atoms with Crippen LogP contribution in [0.4, 0.5) is 0 Å².